The van der Waals surface area contributed by atoms with Gasteiger partial charge in [-0.3, -0.25) is 9.69 Å². The zero-order valence-electron chi connectivity index (χ0n) is 15.4. The summed E-state index contributed by atoms with van der Waals surface area (Å²) in [6.07, 6.45) is 1.93. The fraction of sp³-hybridized carbons (Fsp3) is 0.421. The predicted molar refractivity (Wildman–Crippen MR) is 115 cm³/mol. The Labute approximate surface area is 184 Å². The van der Waals surface area contributed by atoms with Crippen molar-refractivity contribution in [2.45, 2.75) is 22.7 Å². The van der Waals surface area contributed by atoms with E-state index >= 15 is 0 Å². The first kappa shape index (κ1) is 21.6. The van der Waals surface area contributed by atoms with Crippen LogP contribution in [0, 0.1) is 12.4 Å². The molecule has 0 spiro atoms. The van der Waals surface area contributed by atoms with Gasteiger partial charge in [0.05, 0.1) is 31.0 Å². The standard InChI is InChI=1S/C19H19Br2FN4O3/c1-23-9-12-4-6-25(7-5-12)16-3-2-13(8-15(16)22)26-11-14(29-19(26)28)10-24-18(27)17(20)21/h2-3,8-9,14,17H,4-7,10-11H2,(H,24,27)/t14-/m0/s1. The molecule has 2 aliphatic rings. The number of ether oxygens (including phenoxy) is 1. The molecule has 1 aromatic carbocycles. The number of nitrogens with one attached hydrogen (secondary N) is 1. The number of halogens is 3. The van der Waals surface area contributed by atoms with E-state index in [4.69, 9.17) is 11.3 Å². The average Bonchev–Trinajstić information content (AvgIpc) is 3.07. The third-order valence-corrected chi connectivity index (χ3v) is 5.64. The summed E-state index contributed by atoms with van der Waals surface area (Å²) in [6, 6.07) is 4.68. The first-order chi connectivity index (χ1) is 13.9. The molecule has 2 aliphatic heterocycles. The molecular weight excluding hydrogens is 511 g/mol. The number of hydrogen-bond donors (Lipinski definition) is 1. The van der Waals surface area contributed by atoms with Gasteiger partial charge in [0, 0.05) is 13.1 Å². The van der Waals surface area contributed by atoms with Crippen LogP contribution in [0.2, 0.25) is 0 Å². The van der Waals surface area contributed by atoms with Crippen molar-refractivity contribution in [3.63, 3.8) is 0 Å². The van der Waals surface area contributed by atoms with Gasteiger partial charge in [-0.25, -0.2) is 14.0 Å². The van der Waals surface area contributed by atoms with Crippen LogP contribution in [0.3, 0.4) is 0 Å². The van der Waals surface area contributed by atoms with E-state index < -0.39 is 21.8 Å². The van der Waals surface area contributed by atoms with Crippen molar-refractivity contribution in [3.8, 4) is 0 Å². The molecular formula is C19H19Br2FN4O3. The molecule has 2 fully saturated rings. The number of benzene rings is 1. The van der Waals surface area contributed by atoms with Gasteiger partial charge in [-0.05, 0) is 31.0 Å². The van der Waals surface area contributed by atoms with Crippen LogP contribution in [-0.2, 0) is 9.53 Å². The summed E-state index contributed by atoms with van der Waals surface area (Å²) in [4.78, 5) is 30.4. The molecule has 0 aliphatic carbocycles. The molecule has 154 valence electrons. The summed E-state index contributed by atoms with van der Waals surface area (Å²) in [5.74, 6) is -0.683. The molecule has 2 saturated heterocycles. The predicted octanol–water partition coefficient (Wildman–Crippen LogP) is 3.79. The topological polar surface area (TPSA) is 66.2 Å². The Hall–Kier alpha value is -2.12. The first-order valence-electron chi connectivity index (χ1n) is 9.02. The highest BCUT2D eigenvalue weighted by Gasteiger charge is 2.33. The van der Waals surface area contributed by atoms with Gasteiger partial charge in [0.2, 0.25) is 5.91 Å². The van der Waals surface area contributed by atoms with Crippen molar-refractivity contribution in [1.82, 2.24) is 5.32 Å². The maximum atomic E-state index is 14.7. The van der Waals surface area contributed by atoms with Crippen LogP contribution in [0.15, 0.2) is 30.0 Å². The number of cyclic esters (lactones) is 1. The van der Waals surface area contributed by atoms with Gasteiger partial charge in [-0.1, -0.05) is 37.4 Å². The van der Waals surface area contributed by atoms with Crippen molar-refractivity contribution < 1.29 is 18.7 Å². The quantitative estimate of drug-likeness (QED) is 0.465. The number of anilines is 2. The molecule has 3 rings (SSSR count). The third kappa shape index (κ3) is 5.28. The average molecular weight is 530 g/mol. The van der Waals surface area contributed by atoms with Crippen molar-refractivity contribution >= 4 is 55.2 Å². The number of amides is 2. The number of piperidine rings is 1. The Morgan fingerprint density at radius 2 is 2.14 bits per heavy atom. The molecule has 2 amide bonds. The van der Waals surface area contributed by atoms with E-state index in [1.54, 1.807) is 18.3 Å². The lowest BCUT2D eigenvalue weighted by atomic mass is 10.0. The zero-order valence-corrected chi connectivity index (χ0v) is 18.6. The van der Waals surface area contributed by atoms with Crippen molar-refractivity contribution in [2.24, 2.45) is 0 Å². The van der Waals surface area contributed by atoms with Crippen molar-refractivity contribution in [2.75, 3.05) is 36.0 Å². The van der Waals surface area contributed by atoms with Crippen LogP contribution < -0.4 is 15.1 Å². The van der Waals surface area contributed by atoms with E-state index in [0.29, 0.717) is 24.5 Å². The van der Waals surface area contributed by atoms with E-state index in [1.165, 1.54) is 11.0 Å². The minimum atomic E-state index is -0.572. The van der Waals surface area contributed by atoms with E-state index in [1.807, 2.05) is 4.90 Å². The van der Waals surface area contributed by atoms with Gasteiger partial charge < -0.3 is 15.0 Å². The minimum absolute atomic E-state index is 0.170. The first-order valence-corrected chi connectivity index (χ1v) is 10.8. The Morgan fingerprint density at radius 1 is 1.41 bits per heavy atom. The van der Waals surface area contributed by atoms with Gasteiger partial charge in [0.1, 0.15) is 15.7 Å². The van der Waals surface area contributed by atoms with E-state index in [-0.39, 0.29) is 19.0 Å². The summed E-state index contributed by atoms with van der Waals surface area (Å²) in [6.45, 7) is 8.58. The summed E-state index contributed by atoms with van der Waals surface area (Å²) < 4.78 is 19.5. The number of hydrogen-bond acceptors (Lipinski definition) is 4. The van der Waals surface area contributed by atoms with E-state index in [9.17, 15) is 14.0 Å². The third-order valence-electron chi connectivity index (χ3n) is 4.81. The Bertz CT molecular complexity index is 862. The second-order valence-corrected chi connectivity index (χ2v) is 9.76. The SMILES string of the molecule is [C-]#[N+]C=C1CCN(c2ccc(N3C[C@H](CNC(=O)C(Br)Br)OC3=O)cc2F)CC1. The Balaban J connectivity index is 1.63. The van der Waals surface area contributed by atoms with Crippen LogP contribution >= 0.6 is 31.9 Å². The fourth-order valence-electron chi connectivity index (χ4n) is 3.31. The normalized spacial score (nSPS) is 19.2. The van der Waals surface area contributed by atoms with Gasteiger partial charge in [0.25, 0.3) is 0 Å². The molecule has 1 N–H and O–H groups in total. The van der Waals surface area contributed by atoms with Gasteiger partial charge >= 0.3 is 6.09 Å². The molecule has 1 aromatic rings. The molecule has 10 heteroatoms. The van der Waals surface area contributed by atoms with Crippen molar-refractivity contribution in [3.05, 3.63) is 47.2 Å². The van der Waals surface area contributed by atoms with Crippen LogP contribution in [-0.4, -0.2) is 48.0 Å². The van der Waals surface area contributed by atoms with Crippen LogP contribution in [0.4, 0.5) is 20.6 Å². The van der Waals surface area contributed by atoms with Gasteiger partial charge in [-0.2, -0.15) is 0 Å². The number of alkyl halides is 2. The Kier molecular flexibility index (Phi) is 7.14. The number of carbonyl (C=O) groups excluding carboxylic acids is 2. The smallest absolute Gasteiger partial charge is 0.414 e. The molecule has 0 bridgehead atoms. The Morgan fingerprint density at radius 3 is 2.76 bits per heavy atom. The van der Waals surface area contributed by atoms with Crippen molar-refractivity contribution in [1.29, 1.82) is 0 Å². The summed E-state index contributed by atoms with van der Waals surface area (Å²) in [5, 5.41) is 2.65. The van der Waals surface area contributed by atoms with Crippen LogP contribution in [0.25, 0.3) is 4.85 Å². The molecule has 29 heavy (non-hydrogen) atoms. The minimum Gasteiger partial charge on any atom is -0.442 e. The monoisotopic (exact) mass is 528 g/mol. The molecule has 0 aromatic heterocycles. The summed E-state index contributed by atoms with van der Waals surface area (Å²) in [7, 11) is 0. The molecule has 1 atom stereocenters. The van der Waals surface area contributed by atoms with Crippen LogP contribution in [0.1, 0.15) is 12.8 Å². The van der Waals surface area contributed by atoms with E-state index in [2.05, 4.69) is 42.0 Å². The highest BCUT2D eigenvalue weighted by Crippen LogP contribution is 2.30. The molecule has 0 saturated carbocycles. The lowest BCUT2D eigenvalue weighted by Gasteiger charge is -2.31. The largest absolute Gasteiger partial charge is 0.442 e. The maximum absolute atomic E-state index is 14.7. The second-order valence-electron chi connectivity index (χ2n) is 6.70. The van der Waals surface area contributed by atoms with Gasteiger partial charge in [-0.15, -0.1) is 0 Å². The lowest BCUT2D eigenvalue weighted by molar-refractivity contribution is -0.119. The summed E-state index contributed by atoms with van der Waals surface area (Å²) in [5.41, 5.74) is 1.97. The summed E-state index contributed by atoms with van der Waals surface area (Å²) >= 11 is 6.19. The number of carbonyl (C=O) groups is 2. The maximum Gasteiger partial charge on any atom is 0.414 e. The molecule has 0 unspecified atom stereocenters. The highest BCUT2D eigenvalue weighted by molar-refractivity contribution is 9.25. The van der Waals surface area contributed by atoms with Gasteiger partial charge in [0.15, 0.2) is 6.20 Å². The molecule has 2 heterocycles. The number of rotatable bonds is 5. The second kappa shape index (κ2) is 9.59. The highest BCUT2D eigenvalue weighted by atomic mass is 79.9. The molecule has 7 nitrogen and oxygen atoms in total. The lowest BCUT2D eigenvalue weighted by Crippen LogP contribution is -2.36. The number of nitrogens with zero attached hydrogens (tertiary/aromatic N) is 3. The molecule has 0 radical (unpaired) electrons. The van der Waals surface area contributed by atoms with Crippen LogP contribution in [0.5, 0.6) is 0 Å². The zero-order chi connectivity index (χ0) is 21.0. The fourth-order valence-corrected chi connectivity index (χ4v) is 3.63. The van der Waals surface area contributed by atoms with E-state index in [0.717, 1.165) is 18.4 Å².